The minimum Gasteiger partial charge on any atom is -0.497 e. The van der Waals surface area contributed by atoms with Crippen molar-refractivity contribution in [2.24, 2.45) is 0 Å². The Hall–Kier alpha value is -3.36. The molecule has 0 aliphatic carbocycles. The molecule has 0 fully saturated rings. The molecule has 4 aromatic rings. The van der Waals surface area contributed by atoms with Gasteiger partial charge in [-0.25, -0.2) is 18.4 Å². The quantitative estimate of drug-likeness (QED) is 0.418. The largest absolute Gasteiger partial charge is 0.497 e. The van der Waals surface area contributed by atoms with Gasteiger partial charge in [-0.2, -0.15) is 0 Å². The van der Waals surface area contributed by atoms with Gasteiger partial charge in [0, 0.05) is 10.7 Å². The van der Waals surface area contributed by atoms with Crippen molar-refractivity contribution in [2.45, 2.75) is 11.8 Å². The highest BCUT2D eigenvalue weighted by molar-refractivity contribution is 7.92. The van der Waals surface area contributed by atoms with Crippen molar-refractivity contribution >= 4 is 50.0 Å². The highest BCUT2D eigenvalue weighted by atomic mass is 35.5. The van der Waals surface area contributed by atoms with E-state index in [9.17, 15) is 8.42 Å². The average molecular weight is 455 g/mol. The first-order valence-corrected chi connectivity index (χ1v) is 11.2. The molecule has 0 aliphatic heterocycles. The van der Waals surface area contributed by atoms with Gasteiger partial charge in [-0.15, -0.1) is 0 Å². The van der Waals surface area contributed by atoms with Crippen LogP contribution in [-0.4, -0.2) is 25.5 Å². The first-order chi connectivity index (χ1) is 14.8. The smallest absolute Gasteiger partial charge is 0.263 e. The predicted octanol–water partition coefficient (Wildman–Crippen LogP) is 5.14. The molecule has 0 bridgehead atoms. The van der Waals surface area contributed by atoms with E-state index in [1.807, 2.05) is 19.1 Å². The fraction of sp³-hybridized carbons (Fsp3) is 0.0909. The number of methoxy groups -OCH3 is 1. The number of nitrogens with zero attached hydrogens (tertiary/aromatic N) is 2. The Labute approximate surface area is 185 Å². The first-order valence-electron chi connectivity index (χ1n) is 9.32. The van der Waals surface area contributed by atoms with Crippen LogP contribution in [0, 0.1) is 6.92 Å². The standard InChI is InChI=1S/C22H19ClN4O3S/c1-14-3-12-19-20(13-14)26-21(24-16-6-8-17(30-2)9-7-16)22(25-19)27-31(28,29)18-10-4-15(23)5-11-18/h3-13H,1-2H3,(H,24,26)(H,25,27). The molecular weight excluding hydrogens is 436 g/mol. The number of rotatable bonds is 6. The highest BCUT2D eigenvalue weighted by Gasteiger charge is 2.19. The lowest BCUT2D eigenvalue weighted by atomic mass is 10.2. The number of aromatic nitrogens is 2. The molecule has 31 heavy (non-hydrogen) atoms. The third kappa shape index (κ3) is 4.70. The molecule has 0 radical (unpaired) electrons. The minimum absolute atomic E-state index is 0.0677. The van der Waals surface area contributed by atoms with Crippen molar-refractivity contribution in [3.8, 4) is 5.75 Å². The van der Waals surface area contributed by atoms with Crippen molar-refractivity contribution in [1.82, 2.24) is 9.97 Å². The third-order valence-electron chi connectivity index (χ3n) is 4.53. The second kappa shape index (κ2) is 8.41. The van der Waals surface area contributed by atoms with Gasteiger partial charge in [0.25, 0.3) is 10.0 Å². The van der Waals surface area contributed by atoms with E-state index >= 15 is 0 Å². The highest BCUT2D eigenvalue weighted by Crippen LogP contribution is 2.28. The predicted molar refractivity (Wildman–Crippen MR) is 123 cm³/mol. The number of nitrogens with one attached hydrogen (secondary N) is 2. The van der Waals surface area contributed by atoms with Gasteiger partial charge in [0.05, 0.1) is 23.0 Å². The topological polar surface area (TPSA) is 93.2 Å². The van der Waals surface area contributed by atoms with E-state index in [2.05, 4.69) is 20.0 Å². The van der Waals surface area contributed by atoms with E-state index in [0.29, 0.717) is 27.5 Å². The van der Waals surface area contributed by atoms with Crippen LogP contribution in [-0.2, 0) is 10.0 Å². The van der Waals surface area contributed by atoms with Gasteiger partial charge in [0.15, 0.2) is 11.6 Å². The zero-order valence-corrected chi connectivity index (χ0v) is 18.3. The Morgan fingerprint density at radius 3 is 2.23 bits per heavy atom. The van der Waals surface area contributed by atoms with Gasteiger partial charge in [0.1, 0.15) is 5.75 Å². The molecule has 3 aromatic carbocycles. The van der Waals surface area contributed by atoms with Crippen molar-refractivity contribution in [3.05, 3.63) is 77.3 Å². The van der Waals surface area contributed by atoms with Crippen LogP contribution in [0.2, 0.25) is 5.02 Å². The fourth-order valence-electron chi connectivity index (χ4n) is 2.93. The number of benzene rings is 3. The summed E-state index contributed by atoms with van der Waals surface area (Å²) in [5.41, 5.74) is 2.94. The Morgan fingerprint density at radius 2 is 1.55 bits per heavy atom. The summed E-state index contributed by atoms with van der Waals surface area (Å²) in [5, 5.41) is 3.59. The molecular formula is C22H19ClN4O3S. The van der Waals surface area contributed by atoms with Gasteiger partial charge in [-0.1, -0.05) is 17.7 Å². The second-order valence-electron chi connectivity index (χ2n) is 6.83. The maximum absolute atomic E-state index is 12.9. The van der Waals surface area contributed by atoms with Crippen LogP contribution in [0.5, 0.6) is 5.75 Å². The van der Waals surface area contributed by atoms with Crippen molar-refractivity contribution in [3.63, 3.8) is 0 Å². The summed E-state index contributed by atoms with van der Waals surface area (Å²) < 4.78 is 33.6. The molecule has 158 valence electrons. The summed E-state index contributed by atoms with van der Waals surface area (Å²) in [6, 6.07) is 18.7. The third-order valence-corrected chi connectivity index (χ3v) is 6.13. The molecule has 0 saturated heterocycles. The van der Waals surface area contributed by atoms with Gasteiger partial charge < -0.3 is 10.1 Å². The van der Waals surface area contributed by atoms with Gasteiger partial charge >= 0.3 is 0 Å². The summed E-state index contributed by atoms with van der Waals surface area (Å²) in [6.07, 6.45) is 0. The normalized spacial score (nSPS) is 11.3. The number of halogens is 1. The van der Waals surface area contributed by atoms with Crippen LogP contribution in [0.25, 0.3) is 11.0 Å². The minimum atomic E-state index is -3.90. The van der Waals surface area contributed by atoms with Gasteiger partial charge in [0.2, 0.25) is 0 Å². The second-order valence-corrected chi connectivity index (χ2v) is 8.94. The van der Waals surface area contributed by atoms with E-state index in [0.717, 1.165) is 5.56 Å². The maximum atomic E-state index is 12.9. The van der Waals surface area contributed by atoms with Crippen molar-refractivity contribution in [2.75, 3.05) is 17.1 Å². The number of fused-ring (bicyclic) bond motifs is 1. The molecule has 1 aromatic heterocycles. The van der Waals surface area contributed by atoms with Crippen LogP contribution in [0.4, 0.5) is 17.3 Å². The molecule has 0 aliphatic rings. The Bertz CT molecular complexity index is 1340. The first kappa shape index (κ1) is 20.9. The molecule has 7 nitrogen and oxygen atoms in total. The molecule has 0 amide bonds. The molecule has 1 heterocycles. The SMILES string of the molecule is COc1ccc(Nc2nc3cc(C)ccc3nc2NS(=O)(=O)c2ccc(Cl)cc2)cc1. The zero-order valence-electron chi connectivity index (χ0n) is 16.8. The number of anilines is 3. The molecule has 2 N–H and O–H groups in total. The zero-order chi connectivity index (χ0) is 22.0. The van der Waals surface area contributed by atoms with Crippen molar-refractivity contribution < 1.29 is 13.2 Å². The molecule has 0 atom stereocenters. The number of hydrogen-bond acceptors (Lipinski definition) is 6. The Morgan fingerprint density at radius 1 is 0.871 bits per heavy atom. The van der Waals surface area contributed by atoms with E-state index in [4.69, 9.17) is 16.3 Å². The summed E-state index contributed by atoms with van der Waals surface area (Å²) in [7, 11) is -2.32. The number of aryl methyl sites for hydroxylation is 1. The van der Waals surface area contributed by atoms with Crippen LogP contribution in [0.1, 0.15) is 5.56 Å². The van der Waals surface area contributed by atoms with Gasteiger partial charge in [-0.05, 0) is 73.2 Å². The molecule has 0 saturated carbocycles. The molecule has 9 heteroatoms. The Balaban J connectivity index is 1.77. The molecule has 4 rings (SSSR count). The van der Waals surface area contributed by atoms with Crippen LogP contribution in [0.15, 0.2) is 71.6 Å². The average Bonchev–Trinajstić information content (AvgIpc) is 2.75. The lowest BCUT2D eigenvalue weighted by molar-refractivity contribution is 0.415. The van der Waals surface area contributed by atoms with E-state index < -0.39 is 10.0 Å². The summed E-state index contributed by atoms with van der Waals surface area (Å²) in [6.45, 7) is 1.95. The van der Waals surface area contributed by atoms with Crippen LogP contribution < -0.4 is 14.8 Å². The maximum Gasteiger partial charge on any atom is 0.263 e. The monoisotopic (exact) mass is 454 g/mol. The fourth-order valence-corrected chi connectivity index (χ4v) is 4.07. The number of ether oxygens (including phenoxy) is 1. The summed E-state index contributed by atoms with van der Waals surface area (Å²) in [5.74, 6) is 1.07. The van der Waals surface area contributed by atoms with E-state index in [1.54, 1.807) is 37.4 Å². The van der Waals surface area contributed by atoms with Crippen LogP contribution >= 0.6 is 11.6 Å². The summed E-state index contributed by atoms with van der Waals surface area (Å²) in [4.78, 5) is 9.19. The molecule has 0 unspecified atom stereocenters. The number of sulfonamides is 1. The lowest BCUT2D eigenvalue weighted by Gasteiger charge is -2.14. The van der Waals surface area contributed by atoms with Crippen LogP contribution in [0.3, 0.4) is 0 Å². The Kier molecular flexibility index (Phi) is 5.67. The summed E-state index contributed by atoms with van der Waals surface area (Å²) >= 11 is 5.88. The van der Waals surface area contributed by atoms with Gasteiger partial charge in [-0.3, -0.25) is 4.72 Å². The number of hydrogen-bond donors (Lipinski definition) is 2. The van der Waals surface area contributed by atoms with Crippen molar-refractivity contribution in [1.29, 1.82) is 0 Å². The lowest BCUT2D eigenvalue weighted by Crippen LogP contribution is -2.16. The molecule has 0 spiro atoms. The van der Waals surface area contributed by atoms with E-state index in [-0.39, 0.29) is 16.5 Å². The van der Waals surface area contributed by atoms with E-state index in [1.165, 1.54) is 24.3 Å².